The average Bonchev–Trinajstić information content (AvgIpc) is 1.69. The Morgan fingerprint density at radius 2 is 2.29 bits per heavy atom. The van der Waals surface area contributed by atoms with Crippen molar-refractivity contribution < 1.29 is 0 Å². The third-order valence-electron chi connectivity index (χ3n) is 0.638. The number of aromatic nitrogens is 1. The maximum atomic E-state index is 3.92. The van der Waals surface area contributed by atoms with Gasteiger partial charge in [0.2, 0.25) is 0 Å². The van der Waals surface area contributed by atoms with Gasteiger partial charge in [-0.05, 0) is 0 Å². The Labute approximate surface area is 50.6 Å². The molecule has 0 amide bonds. The fraction of sp³-hybridized carbons (Fsp3) is 0. The first-order valence-corrected chi connectivity index (χ1v) is 2.83. The van der Waals surface area contributed by atoms with Gasteiger partial charge in [0.05, 0.1) is 0 Å². The maximum absolute atomic E-state index is 3.92. The molecule has 1 radical (unpaired) electrons. The monoisotopic (exact) mass is 158 g/mol. The molecule has 35 valence electrons. The molecule has 1 heterocycles. The van der Waals surface area contributed by atoms with E-state index in [4.69, 9.17) is 0 Å². The summed E-state index contributed by atoms with van der Waals surface area (Å²) in [6.07, 6.45) is 1.76. The van der Waals surface area contributed by atoms with Crippen molar-refractivity contribution >= 4 is 20.6 Å². The van der Waals surface area contributed by atoms with Gasteiger partial charge in [0, 0.05) is 0 Å². The minimum atomic E-state index is 0.947. The molecule has 0 spiro atoms. The van der Waals surface area contributed by atoms with Gasteiger partial charge in [-0.1, -0.05) is 0 Å². The Morgan fingerprint density at radius 1 is 1.43 bits per heavy atom. The summed E-state index contributed by atoms with van der Waals surface area (Å²) in [5, 5.41) is 0. The SMILES string of the molecule is [Se]c1ccccn1. The van der Waals surface area contributed by atoms with Gasteiger partial charge in [-0.2, -0.15) is 0 Å². The van der Waals surface area contributed by atoms with Crippen molar-refractivity contribution in [1.82, 2.24) is 4.98 Å². The molecule has 2 heteroatoms. The Hall–Kier alpha value is -0.331. The molecule has 0 unspecified atom stereocenters. The van der Waals surface area contributed by atoms with Crippen LogP contribution in [0.4, 0.5) is 0 Å². The first kappa shape index (κ1) is 4.82. The number of rotatable bonds is 0. The zero-order chi connectivity index (χ0) is 5.11. The number of hydrogen-bond donors (Lipinski definition) is 0. The molecule has 1 aromatic heterocycles. The van der Waals surface area contributed by atoms with Crippen LogP contribution in [0.1, 0.15) is 0 Å². The van der Waals surface area contributed by atoms with E-state index < -0.39 is 0 Å². The van der Waals surface area contributed by atoms with Crippen LogP contribution >= 0.6 is 0 Å². The van der Waals surface area contributed by atoms with E-state index in [9.17, 15) is 0 Å². The molecule has 1 aromatic rings. The molecule has 0 aliphatic carbocycles. The van der Waals surface area contributed by atoms with Gasteiger partial charge < -0.3 is 0 Å². The predicted molar refractivity (Wildman–Crippen MR) is 29.6 cm³/mol. The zero-order valence-electron chi connectivity index (χ0n) is 3.66. The van der Waals surface area contributed by atoms with Gasteiger partial charge in [0.1, 0.15) is 0 Å². The second-order valence-electron chi connectivity index (χ2n) is 1.17. The summed E-state index contributed by atoms with van der Waals surface area (Å²) in [7, 11) is 0. The van der Waals surface area contributed by atoms with E-state index in [0.717, 1.165) is 4.59 Å². The van der Waals surface area contributed by atoms with Crippen molar-refractivity contribution in [1.29, 1.82) is 0 Å². The molecule has 1 nitrogen and oxygen atoms in total. The van der Waals surface area contributed by atoms with Gasteiger partial charge in [0.25, 0.3) is 0 Å². The number of nitrogens with zero attached hydrogens (tertiary/aromatic N) is 1. The fourth-order valence-electron chi connectivity index (χ4n) is 0.347. The van der Waals surface area contributed by atoms with Crippen LogP contribution in [0.3, 0.4) is 0 Å². The summed E-state index contributed by atoms with van der Waals surface area (Å²) in [6.45, 7) is 0. The van der Waals surface area contributed by atoms with Crippen molar-refractivity contribution in [2.45, 2.75) is 0 Å². The quantitative estimate of drug-likeness (QED) is 0.478. The molecule has 0 aromatic carbocycles. The van der Waals surface area contributed by atoms with Gasteiger partial charge in [-0.15, -0.1) is 0 Å². The van der Waals surface area contributed by atoms with Crippen LogP contribution in [0.2, 0.25) is 0 Å². The first-order chi connectivity index (χ1) is 3.39. The summed E-state index contributed by atoms with van der Waals surface area (Å²) < 4.78 is 0.947. The van der Waals surface area contributed by atoms with E-state index in [0.29, 0.717) is 0 Å². The normalized spacial score (nSPS) is 8.57. The molecule has 0 N–H and O–H groups in total. The molecule has 1 rings (SSSR count). The molecule has 0 bridgehead atoms. The molecular formula is C5H4NSe. The first-order valence-electron chi connectivity index (χ1n) is 1.97. The Morgan fingerprint density at radius 3 is 2.57 bits per heavy atom. The third kappa shape index (κ3) is 1.30. The van der Waals surface area contributed by atoms with Crippen molar-refractivity contribution in [2.24, 2.45) is 0 Å². The van der Waals surface area contributed by atoms with E-state index >= 15 is 0 Å². The predicted octanol–water partition coefficient (Wildman–Crippen LogP) is -0.125. The Balaban J connectivity index is 3.02. The summed E-state index contributed by atoms with van der Waals surface area (Å²) in [5.41, 5.74) is 0. The summed E-state index contributed by atoms with van der Waals surface area (Å²) in [5.74, 6) is 0. The van der Waals surface area contributed by atoms with Gasteiger partial charge in [-0.25, -0.2) is 0 Å². The van der Waals surface area contributed by atoms with E-state index in [1.54, 1.807) is 6.20 Å². The molecule has 7 heavy (non-hydrogen) atoms. The van der Waals surface area contributed by atoms with Crippen molar-refractivity contribution in [2.75, 3.05) is 0 Å². The molecule has 0 saturated carbocycles. The minimum absolute atomic E-state index is 0.947. The van der Waals surface area contributed by atoms with Gasteiger partial charge >= 0.3 is 50.0 Å². The standard InChI is InChI=1S/C5H4NSe/c7-5-3-1-2-4-6-5/h1-4H. The molecule has 0 aliphatic rings. The van der Waals surface area contributed by atoms with Crippen LogP contribution in [0, 0.1) is 0 Å². The van der Waals surface area contributed by atoms with Crippen LogP contribution in [0.25, 0.3) is 0 Å². The zero-order valence-corrected chi connectivity index (χ0v) is 5.38. The third-order valence-corrected chi connectivity index (χ3v) is 1.14. The van der Waals surface area contributed by atoms with Crippen LogP contribution in [-0.4, -0.2) is 21.0 Å². The topological polar surface area (TPSA) is 12.9 Å². The average molecular weight is 157 g/mol. The number of pyridine rings is 1. The van der Waals surface area contributed by atoms with Gasteiger partial charge in [0.15, 0.2) is 0 Å². The van der Waals surface area contributed by atoms with Crippen molar-refractivity contribution in [3.63, 3.8) is 0 Å². The van der Waals surface area contributed by atoms with Crippen LogP contribution < -0.4 is 4.59 Å². The molecule has 0 atom stereocenters. The van der Waals surface area contributed by atoms with E-state index in [2.05, 4.69) is 21.0 Å². The van der Waals surface area contributed by atoms with Crippen molar-refractivity contribution in [3.8, 4) is 0 Å². The van der Waals surface area contributed by atoms with Crippen molar-refractivity contribution in [3.05, 3.63) is 24.4 Å². The second-order valence-corrected chi connectivity index (χ2v) is 2.05. The van der Waals surface area contributed by atoms with Crippen LogP contribution in [0.5, 0.6) is 0 Å². The molecular weight excluding hydrogens is 153 g/mol. The summed E-state index contributed by atoms with van der Waals surface area (Å²) in [6, 6.07) is 5.75. The molecule has 0 aliphatic heterocycles. The van der Waals surface area contributed by atoms with Gasteiger partial charge in [-0.3, -0.25) is 0 Å². The molecule has 0 fully saturated rings. The van der Waals surface area contributed by atoms with E-state index in [1.807, 2.05) is 18.2 Å². The Bertz CT molecular complexity index is 138. The van der Waals surface area contributed by atoms with Crippen LogP contribution in [-0.2, 0) is 0 Å². The van der Waals surface area contributed by atoms with E-state index in [-0.39, 0.29) is 0 Å². The fourth-order valence-corrected chi connectivity index (χ4v) is 0.640. The summed E-state index contributed by atoms with van der Waals surface area (Å²) in [4.78, 5) is 3.92. The number of hydrogen-bond acceptors (Lipinski definition) is 1. The molecule has 0 saturated heterocycles. The Kier molecular flexibility index (Phi) is 1.45. The second kappa shape index (κ2) is 2.10. The van der Waals surface area contributed by atoms with E-state index in [1.165, 1.54) is 0 Å². The van der Waals surface area contributed by atoms with Crippen LogP contribution in [0.15, 0.2) is 24.4 Å². The summed E-state index contributed by atoms with van der Waals surface area (Å²) >= 11 is 2.79.